The molecule has 4 N–H and O–H groups in total. The van der Waals surface area contributed by atoms with Gasteiger partial charge >= 0.3 is 12.1 Å². The molecule has 3 fully saturated rings. The highest BCUT2D eigenvalue weighted by atomic mass is 32.2. The summed E-state index contributed by atoms with van der Waals surface area (Å²) in [4.78, 5) is 96.0. The van der Waals surface area contributed by atoms with Gasteiger partial charge < -0.3 is 35.6 Å². The zero-order chi connectivity index (χ0) is 41.4. The molecule has 1 aliphatic carbocycles. The Labute approximate surface area is 338 Å². The van der Waals surface area contributed by atoms with Crippen LogP contribution in [0.1, 0.15) is 99.1 Å². The number of thioether (sulfide) groups is 2. The van der Waals surface area contributed by atoms with Crippen LogP contribution in [0.2, 0.25) is 0 Å². The number of nitrogens with zero attached hydrogens (tertiary/aromatic N) is 1. The molecular weight excluding hydrogens is 759 g/mol. The molecule has 0 aromatic heterocycles. The second kappa shape index (κ2) is 19.1. The van der Waals surface area contributed by atoms with E-state index in [1.807, 2.05) is 34.6 Å². The van der Waals surface area contributed by atoms with Crippen LogP contribution >= 0.6 is 23.5 Å². The van der Waals surface area contributed by atoms with E-state index >= 15 is 0 Å². The number of likely N-dealkylation sites (tertiary alicyclic amines) is 1. The molecule has 1 aromatic carbocycles. The largest absolute Gasteiger partial charge is 0.458 e. The number of carbonyl (C=O) groups excluding carboxylic acids is 7. The molecule has 0 radical (unpaired) electrons. The first-order valence-electron chi connectivity index (χ1n) is 19.4. The van der Waals surface area contributed by atoms with Crippen LogP contribution in [0.3, 0.4) is 0 Å². The molecule has 310 valence electrons. The maximum absolute atomic E-state index is 14.4. The number of Topliss-reactive ketones (excluding diaryl/α,β-unsaturated/α-hetero) is 1. The molecule has 1 saturated carbocycles. The van der Waals surface area contributed by atoms with Gasteiger partial charge in [-0.05, 0) is 67.9 Å². The lowest BCUT2D eigenvalue weighted by Gasteiger charge is -2.36. The molecule has 1 spiro atoms. The third-order valence-corrected chi connectivity index (χ3v) is 12.8. The Bertz CT molecular complexity index is 1600. The molecule has 14 nitrogen and oxygen atoms in total. The van der Waals surface area contributed by atoms with Crippen molar-refractivity contribution in [1.82, 2.24) is 26.2 Å². The van der Waals surface area contributed by atoms with E-state index in [0.29, 0.717) is 12.0 Å². The number of benzene rings is 1. The van der Waals surface area contributed by atoms with Crippen LogP contribution in [0.4, 0.5) is 4.79 Å². The Morgan fingerprint density at radius 2 is 1.55 bits per heavy atom. The summed E-state index contributed by atoms with van der Waals surface area (Å²) in [6.45, 7) is 14.2. The predicted octanol–water partition coefficient (Wildman–Crippen LogP) is 4.12. The third kappa shape index (κ3) is 13.1. The first-order valence-corrected chi connectivity index (χ1v) is 21.4. The fourth-order valence-corrected chi connectivity index (χ4v) is 9.79. The van der Waals surface area contributed by atoms with Crippen molar-refractivity contribution < 1.29 is 43.0 Å². The molecule has 2 aliphatic heterocycles. The highest BCUT2D eigenvalue weighted by Gasteiger charge is 2.53. The van der Waals surface area contributed by atoms with Crippen molar-refractivity contribution in [3.63, 3.8) is 0 Å². The van der Waals surface area contributed by atoms with E-state index in [1.165, 1.54) is 4.90 Å². The van der Waals surface area contributed by atoms with Crippen molar-refractivity contribution in [2.24, 2.45) is 17.3 Å². The Morgan fingerprint density at radius 3 is 2.12 bits per heavy atom. The summed E-state index contributed by atoms with van der Waals surface area (Å²) in [5.41, 5.74) is -1.08. The van der Waals surface area contributed by atoms with Gasteiger partial charge in [0.25, 0.3) is 5.91 Å². The number of nitrogens with one attached hydrogen (secondary N) is 4. The second-order valence-corrected chi connectivity index (χ2v) is 20.5. The van der Waals surface area contributed by atoms with E-state index in [9.17, 15) is 33.6 Å². The number of alkyl carbamates (subject to hydrolysis) is 1. The van der Waals surface area contributed by atoms with E-state index in [-0.39, 0.29) is 31.4 Å². The molecule has 0 bridgehead atoms. The van der Waals surface area contributed by atoms with Crippen molar-refractivity contribution in [3.05, 3.63) is 35.9 Å². The molecule has 1 aromatic rings. The van der Waals surface area contributed by atoms with Crippen LogP contribution in [0, 0.1) is 17.3 Å². The highest BCUT2D eigenvalue weighted by Crippen LogP contribution is 2.51. The van der Waals surface area contributed by atoms with Gasteiger partial charge in [0.15, 0.2) is 6.04 Å². The Balaban J connectivity index is 1.47. The predicted molar refractivity (Wildman–Crippen MR) is 215 cm³/mol. The maximum Gasteiger partial charge on any atom is 0.407 e. The molecule has 2 unspecified atom stereocenters. The van der Waals surface area contributed by atoms with Crippen molar-refractivity contribution in [1.29, 1.82) is 0 Å². The molecule has 4 atom stereocenters. The quantitative estimate of drug-likeness (QED) is 0.147. The molecule has 16 heteroatoms. The lowest BCUT2D eigenvalue weighted by molar-refractivity contribution is -0.158. The van der Waals surface area contributed by atoms with Crippen LogP contribution in [-0.4, -0.2) is 105 Å². The summed E-state index contributed by atoms with van der Waals surface area (Å²) in [5.74, 6) is -2.43. The zero-order valence-corrected chi connectivity index (χ0v) is 35.5. The minimum Gasteiger partial charge on any atom is -0.458 e. The Kier molecular flexibility index (Phi) is 15.3. The van der Waals surface area contributed by atoms with Crippen molar-refractivity contribution in [2.45, 2.75) is 121 Å². The van der Waals surface area contributed by atoms with Crippen LogP contribution in [0.25, 0.3) is 0 Å². The first kappa shape index (κ1) is 44.9. The van der Waals surface area contributed by atoms with Gasteiger partial charge in [-0.1, -0.05) is 77.8 Å². The third-order valence-electron chi connectivity index (χ3n) is 9.43. The van der Waals surface area contributed by atoms with Crippen molar-refractivity contribution in [3.8, 4) is 0 Å². The van der Waals surface area contributed by atoms with Gasteiger partial charge in [-0.2, -0.15) is 0 Å². The van der Waals surface area contributed by atoms with E-state index in [1.54, 1.807) is 74.6 Å². The number of ether oxygens (including phenoxy) is 2. The Hall–Kier alpha value is -3.79. The lowest BCUT2D eigenvalue weighted by Crippen LogP contribution is -2.59. The molecular formula is C40H59N5O9S2. The van der Waals surface area contributed by atoms with Gasteiger partial charge in [-0.3, -0.25) is 24.0 Å². The number of esters is 1. The normalized spacial score (nSPS) is 19.7. The standard InChI is InChI=1S/C40H59N5O9S2/c1-24(2)22-53-37(52)44-32(38(3,4)5)35(50)45-23-40(55-17-12-18-56-40)20-28(45)33(48)42-27(19-25-15-16-25)31(47)34(49)41-21-29(46)43-30(26-13-10-9-11-14-26)36(51)54-39(6,7)8/h9-11,13-14,24-25,27-28,30,32H,12,15-23H2,1-8H3,(H,41,49)(H,42,48)(H,43,46)(H,44,52)/t27?,28-,30?,32+/m0/s1. The van der Waals surface area contributed by atoms with Gasteiger partial charge in [0.1, 0.15) is 17.7 Å². The number of carbonyl (C=O) groups is 7. The minimum atomic E-state index is -1.19. The summed E-state index contributed by atoms with van der Waals surface area (Å²) in [7, 11) is 0. The molecule has 5 amide bonds. The average Bonchev–Trinajstić information content (AvgIpc) is 3.87. The van der Waals surface area contributed by atoms with Gasteiger partial charge in [-0.25, -0.2) is 9.59 Å². The fraction of sp³-hybridized carbons (Fsp3) is 0.675. The molecule has 56 heavy (non-hydrogen) atoms. The van der Waals surface area contributed by atoms with Crippen LogP contribution in [0.15, 0.2) is 30.3 Å². The summed E-state index contributed by atoms with van der Waals surface area (Å²) in [5, 5.41) is 10.5. The number of hydrogen-bond donors (Lipinski definition) is 4. The van der Waals surface area contributed by atoms with E-state index in [2.05, 4.69) is 21.3 Å². The van der Waals surface area contributed by atoms with Crippen LogP contribution in [0.5, 0.6) is 0 Å². The number of ketones is 1. The SMILES string of the molecule is CC(C)COC(=O)N[C@H](C(=O)N1CC2(C[C@H]1C(=O)NC(CC1CC1)C(=O)C(=O)NCC(=O)NC(C(=O)OC(C)(C)C)c1ccccc1)SCCCS2)C(C)(C)C. The fourth-order valence-electron chi connectivity index (χ4n) is 6.44. The van der Waals surface area contributed by atoms with E-state index < -0.39 is 87.3 Å². The first-order chi connectivity index (χ1) is 26.2. The molecule has 2 saturated heterocycles. The molecule has 2 heterocycles. The van der Waals surface area contributed by atoms with Crippen LogP contribution in [-0.2, 0) is 38.2 Å². The number of rotatable bonds is 15. The van der Waals surface area contributed by atoms with Gasteiger partial charge in [0.05, 0.1) is 23.3 Å². The topological polar surface area (TPSA) is 189 Å². The molecule has 4 rings (SSSR count). The maximum atomic E-state index is 14.4. The Morgan fingerprint density at radius 1 is 0.911 bits per heavy atom. The summed E-state index contributed by atoms with van der Waals surface area (Å²) >= 11 is 3.41. The highest BCUT2D eigenvalue weighted by molar-refractivity contribution is 8.18. The minimum absolute atomic E-state index is 0.0955. The summed E-state index contributed by atoms with van der Waals surface area (Å²) in [6, 6.07) is 4.19. The molecule has 3 aliphatic rings. The smallest absolute Gasteiger partial charge is 0.407 e. The zero-order valence-electron chi connectivity index (χ0n) is 33.9. The second-order valence-electron chi connectivity index (χ2n) is 17.3. The lowest BCUT2D eigenvalue weighted by atomic mass is 9.85. The average molecular weight is 818 g/mol. The van der Waals surface area contributed by atoms with Crippen molar-refractivity contribution >= 4 is 65.0 Å². The van der Waals surface area contributed by atoms with Gasteiger partial charge in [0, 0.05) is 13.0 Å². The van der Waals surface area contributed by atoms with Gasteiger partial charge in [-0.15, -0.1) is 23.5 Å². The summed E-state index contributed by atoms with van der Waals surface area (Å²) < 4.78 is 10.4. The van der Waals surface area contributed by atoms with Crippen LogP contribution < -0.4 is 21.3 Å². The number of amides is 5. The number of hydrogen-bond acceptors (Lipinski definition) is 11. The monoisotopic (exact) mass is 817 g/mol. The summed E-state index contributed by atoms with van der Waals surface area (Å²) in [6.07, 6.45) is 2.50. The van der Waals surface area contributed by atoms with Crippen molar-refractivity contribution in [2.75, 3.05) is 31.2 Å². The van der Waals surface area contributed by atoms with Gasteiger partial charge in [0.2, 0.25) is 23.5 Å². The van der Waals surface area contributed by atoms with E-state index in [4.69, 9.17) is 9.47 Å². The van der Waals surface area contributed by atoms with E-state index in [0.717, 1.165) is 30.8 Å².